The predicted octanol–water partition coefficient (Wildman–Crippen LogP) is 1.47. The molecule has 2 rings (SSSR count). The van der Waals surface area contributed by atoms with Crippen molar-refractivity contribution in [1.29, 1.82) is 0 Å². The Morgan fingerprint density at radius 2 is 2.08 bits per heavy atom. The van der Waals surface area contributed by atoms with Crippen molar-refractivity contribution in [3.8, 4) is 0 Å². The third kappa shape index (κ3) is 2.05. The van der Waals surface area contributed by atoms with Crippen LogP contribution < -0.4 is 5.32 Å². The number of likely N-dealkylation sites (tertiary alicyclic amines) is 1. The van der Waals surface area contributed by atoms with Gasteiger partial charge in [-0.2, -0.15) is 0 Å². The summed E-state index contributed by atoms with van der Waals surface area (Å²) >= 11 is 0. The first-order valence-electron chi connectivity index (χ1n) is 5.80. The second-order valence-electron chi connectivity index (χ2n) is 4.54. The van der Waals surface area contributed by atoms with E-state index >= 15 is 0 Å². The summed E-state index contributed by atoms with van der Waals surface area (Å²) in [5.41, 5.74) is 0. The van der Waals surface area contributed by atoms with Gasteiger partial charge in [0.05, 0.1) is 0 Å². The molecule has 76 valence electrons. The summed E-state index contributed by atoms with van der Waals surface area (Å²) in [5.74, 6) is 1.05. The van der Waals surface area contributed by atoms with Gasteiger partial charge in [-0.15, -0.1) is 0 Å². The Hall–Kier alpha value is -0.0800. The van der Waals surface area contributed by atoms with E-state index in [2.05, 4.69) is 17.3 Å². The largest absolute Gasteiger partial charge is 0.318 e. The zero-order chi connectivity index (χ0) is 9.10. The van der Waals surface area contributed by atoms with E-state index in [1.54, 1.807) is 0 Å². The van der Waals surface area contributed by atoms with Crippen LogP contribution in [-0.4, -0.2) is 37.6 Å². The van der Waals surface area contributed by atoms with Crippen LogP contribution >= 0.6 is 0 Å². The molecule has 2 aliphatic rings. The molecule has 0 aromatic rings. The van der Waals surface area contributed by atoms with Crippen molar-refractivity contribution in [1.82, 2.24) is 10.2 Å². The Kier molecular flexibility index (Phi) is 3.23. The zero-order valence-electron chi connectivity index (χ0n) is 8.76. The lowest BCUT2D eigenvalue weighted by Crippen LogP contribution is -2.45. The van der Waals surface area contributed by atoms with E-state index in [4.69, 9.17) is 0 Å². The number of nitrogens with one attached hydrogen (secondary N) is 1. The van der Waals surface area contributed by atoms with Crippen molar-refractivity contribution in [2.75, 3.05) is 26.7 Å². The van der Waals surface area contributed by atoms with Gasteiger partial charge in [-0.3, -0.25) is 4.90 Å². The highest BCUT2D eigenvalue weighted by Crippen LogP contribution is 2.36. The first-order valence-corrected chi connectivity index (χ1v) is 5.80. The zero-order valence-corrected chi connectivity index (χ0v) is 8.76. The van der Waals surface area contributed by atoms with Gasteiger partial charge in [0.15, 0.2) is 0 Å². The molecular weight excluding hydrogens is 160 g/mol. The first kappa shape index (κ1) is 9.47. The van der Waals surface area contributed by atoms with Crippen molar-refractivity contribution >= 4 is 0 Å². The molecule has 0 spiro atoms. The number of rotatable bonds is 3. The highest BCUT2D eigenvalue weighted by atomic mass is 15.2. The monoisotopic (exact) mass is 182 g/mol. The van der Waals surface area contributed by atoms with E-state index in [9.17, 15) is 0 Å². The fraction of sp³-hybridized carbons (Fsp3) is 1.00. The van der Waals surface area contributed by atoms with Crippen molar-refractivity contribution < 1.29 is 0 Å². The van der Waals surface area contributed by atoms with E-state index in [0.29, 0.717) is 0 Å². The van der Waals surface area contributed by atoms with Gasteiger partial charge in [0, 0.05) is 19.1 Å². The van der Waals surface area contributed by atoms with Gasteiger partial charge in [-0.05, 0) is 45.2 Å². The minimum absolute atomic E-state index is 0.946. The molecule has 0 amide bonds. The lowest BCUT2D eigenvalue weighted by Gasteiger charge is -2.37. The third-order valence-corrected chi connectivity index (χ3v) is 3.76. The van der Waals surface area contributed by atoms with Crippen LogP contribution in [-0.2, 0) is 0 Å². The third-order valence-electron chi connectivity index (χ3n) is 3.76. The molecule has 2 nitrogen and oxygen atoms in total. The molecule has 0 aromatic carbocycles. The number of hydrogen-bond donors (Lipinski definition) is 1. The Balaban J connectivity index is 1.86. The average Bonchev–Trinajstić information content (AvgIpc) is 2.62. The molecule has 13 heavy (non-hydrogen) atoms. The smallest absolute Gasteiger partial charge is 0.0124 e. The molecule has 1 saturated heterocycles. The topological polar surface area (TPSA) is 15.3 Å². The fourth-order valence-electron chi connectivity index (χ4n) is 3.09. The summed E-state index contributed by atoms with van der Waals surface area (Å²) in [6.07, 6.45) is 7.38. The highest BCUT2D eigenvalue weighted by molar-refractivity contribution is 4.89. The molecule has 1 saturated carbocycles. The molecule has 0 bridgehead atoms. The van der Waals surface area contributed by atoms with Gasteiger partial charge >= 0.3 is 0 Å². The molecule has 0 aromatic heterocycles. The van der Waals surface area contributed by atoms with Crippen LogP contribution in [0.4, 0.5) is 0 Å². The van der Waals surface area contributed by atoms with Crippen molar-refractivity contribution in [2.45, 2.75) is 38.1 Å². The Bertz CT molecular complexity index is 158. The van der Waals surface area contributed by atoms with Gasteiger partial charge in [0.1, 0.15) is 0 Å². The maximum atomic E-state index is 3.25. The predicted molar refractivity (Wildman–Crippen MR) is 55.9 cm³/mol. The molecule has 1 aliphatic carbocycles. The molecular formula is C11H22N2. The van der Waals surface area contributed by atoms with Gasteiger partial charge < -0.3 is 5.32 Å². The number of piperidine rings is 1. The van der Waals surface area contributed by atoms with Crippen molar-refractivity contribution in [2.24, 2.45) is 5.92 Å². The first-order chi connectivity index (χ1) is 6.42. The van der Waals surface area contributed by atoms with Gasteiger partial charge in [0.2, 0.25) is 0 Å². The molecule has 1 heterocycles. The second-order valence-corrected chi connectivity index (χ2v) is 4.54. The van der Waals surface area contributed by atoms with E-state index in [-0.39, 0.29) is 0 Å². The van der Waals surface area contributed by atoms with E-state index in [1.807, 2.05) is 0 Å². The molecule has 2 fully saturated rings. The summed E-state index contributed by atoms with van der Waals surface area (Å²) in [5, 5.41) is 3.25. The Labute approximate surface area is 81.7 Å². The molecule has 2 unspecified atom stereocenters. The quantitative estimate of drug-likeness (QED) is 0.711. The SMILES string of the molecule is CNCCN1CCCC2CCCC21. The summed E-state index contributed by atoms with van der Waals surface area (Å²) in [4.78, 5) is 2.72. The van der Waals surface area contributed by atoms with E-state index < -0.39 is 0 Å². The van der Waals surface area contributed by atoms with Crippen LogP contribution in [0, 0.1) is 5.92 Å². The average molecular weight is 182 g/mol. The lowest BCUT2D eigenvalue weighted by atomic mass is 9.92. The molecule has 1 N–H and O–H groups in total. The van der Waals surface area contributed by atoms with Crippen LogP contribution in [0.1, 0.15) is 32.1 Å². The molecule has 0 radical (unpaired) electrons. The standard InChI is InChI=1S/C11H22N2/c1-12-7-9-13-8-3-5-10-4-2-6-11(10)13/h10-12H,2-9H2,1H3. The molecule has 2 heteroatoms. The van der Waals surface area contributed by atoms with Crippen molar-refractivity contribution in [3.63, 3.8) is 0 Å². The number of likely N-dealkylation sites (N-methyl/N-ethyl adjacent to an activating group) is 1. The van der Waals surface area contributed by atoms with E-state index in [1.165, 1.54) is 45.2 Å². The van der Waals surface area contributed by atoms with Crippen molar-refractivity contribution in [3.05, 3.63) is 0 Å². The highest BCUT2D eigenvalue weighted by Gasteiger charge is 2.34. The van der Waals surface area contributed by atoms with Gasteiger partial charge in [-0.25, -0.2) is 0 Å². The normalized spacial score (nSPS) is 34.8. The summed E-state index contributed by atoms with van der Waals surface area (Å²) in [6, 6.07) is 0.946. The molecule has 1 aliphatic heterocycles. The number of nitrogens with zero attached hydrogens (tertiary/aromatic N) is 1. The van der Waals surface area contributed by atoms with Crippen LogP contribution in [0.25, 0.3) is 0 Å². The maximum absolute atomic E-state index is 3.25. The summed E-state index contributed by atoms with van der Waals surface area (Å²) < 4.78 is 0. The van der Waals surface area contributed by atoms with Gasteiger partial charge in [0.25, 0.3) is 0 Å². The lowest BCUT2D eigenvalue weighted by molar-refractivity contribution is 0.115. The summed E-state index contributed by atoms with van der Waals surface area (Å²) in [6.45, 7) is 3.77. The fourth-order valence-corrected chi connectivity index (χ4v) is 3.09. The minimum atomic E-state index is 0.946. The van der Waals surface area contributed by atoms with Crippen LogP contribution in [0.2, 0.25) is 0 Å². The van der Waals surface area contributed by atoms with Gasteiger partial charge in [-0.1, -0.05) is 6.42 Å². The number of fused-ring (bicyclic) bond motifs is 1. The van der Waals surface area contributed by atoms with E-state index in [0.717, 1.165) is 18.5 Å². The Morgan fingerprint density at radius 3 is 2.92 bits per heavy atom. The summed E-state index contributed by atoms with van der Waals surface area (Å²) in [7, 11) is 2.05. The maximum Gasteiger partial charge on any atom is 0.0124 e. The number of hydrogen-bond acceptors (Lipinski definition) is 2. The van der Waals surface area contributed by atoms with Crippen LogP contribution in [0.3, 0.4) is 0 Å². The second kappa shape index (κ2) is 4.43. The Morgan fingerprint density at radius 1 is 1.23 bits per heavy atom. The van der Waals surface area contributed by atoms with Crippen LogP contribution in [0.5, 0.6) is 0 Å². The minimum Gasteiger partial charge on any atom is -0.318 e. The molecule has 2 atom stereocenters. The van der Waals surface area contributed by atoms with Crippen LogP contribution in [0.15, 0.2) is 0 Å².